The van der Waals surface area contributed by atoms with Gasteiger partial charge in [-0.2, -0.15) is 0 Å². The van der Waals surface area contributed by atoms with E-state index in [-0.39, 0.29) is 18.1 Å². The molecule has 1 aromatic carbocycles. The lowest BCUT2D eigenvalue weighted by Gasteiger charge is -2.35. The minimum Gasteiger partial charge on any atom is -0.480 e. The molecular formula is C15H18ClNO2. The summed E-state index contributed by atoms with van der Waals surface area (Å²) in [5, 5.41) is 0. The smallest absolute Gasteiger partial charge is 0.264 e. The molecule has 3 rings (SSSR count). The summed E-state index contributed by atoms with van der Waals surface area (Å²) in [6, 6.07) is 8.05. The molecule has 1 amide bonds. The Morgan fingerprint density at radius 2 is 2.21 bits per heavy atom. The largest absolute Gasteiger partial charge is 0.480 e. The molecule has 1 aromatic rings. The van der Waals surface area contributed by atoms with E-state index in [1.165, 1.54) is 0 Å². The first-order valence-electron chi connectivity index (χ1n) is 6.90. The number of hydrogen-bond donors (Lipinski definition) is 0. The van der Waals surface area contributed by atoms with Gasteiger partial charge < -0.3 is 9.64 Å². The third kappa shape index (κ3) is 2.44. The van der Waals surface area contributed by atoms with Gasteiger partial charge in [-0.25, -0.2) is 0 Å². The SMILES string of the molecule is O=C(C1Cc2ccccc2O1)N1CCCCC1CCl. The summed E-state index contributed by atoms with van der Waals surface area (Å²) in [6.07, 6.45) is 3.56. The molecule has 0 aromatic heterocycles. The van der Waals surface area contributed by atoms with Crippen molar-refractivity contribution >= 4 is 17.5 Å². The molecule has 2 aliphatic heterocycles. The number of para-hydroxylation sites is 1. The fraction of sp³-hybridized carbons (Fsp3) is 0.533. The summed E-state index contributed by atoms with van der Waals surface area (Å²) < 4.78 is 5.78. The molecule has 0 bridgehead atoms. The van der Waals surface area contributed by atoms with Gasteiger partial charge in [0.25, 0.3) is 5.91 Å². The number of fused-ring (bicyclic) bond motifs is 1. The lowest BCUT2D eigenvalue weighted by atomic mass is 10.0. The number of hydrogen-bond acceptors (Lipinski definition) is 2. The highest BCUT2D eigenvalue weighted by Gasteiger charge is 2.35. The highest BCUT2D eigenvalue weighted by molar-refractivity contribution is 6.18. The van der Waals surface area contributed by atoms with E-state index < -0.39 is 0 Å². The first kappa shape index (κ1) is 12.8. The molecule has 19 heavy (non-hydrogen) atoms. The van der Waals surface area contributed by atoms with Crippen molar-refractivity contribution in [3.8, 4) is 5.75 Å². The first-order chi connectivity index (χ1) is 9.29. The van der Waals surface area contributed by atoms with Crippen LogP contribution in [-0.2, 0) is 11.2 Å². The zero-order valence-electron chi connectivity index (χ0n) is 10.8. The van der Waals surface area contributed by atoms with Gasteiger partial charge in [-0.1, -0.05) is 18.2 Å². The summed E-state index contributed by atoms with van der Waals surface area (Å²) in [5.41, 5.74) is 1.13. The van der Waals surface area contributed by atoms with Gasteiger partial charge in [0.1, 0.15) is 5.75 Å². The molecule has 2 unspecified atom stereocenters. The summed E-state index contributed by atoms with van der Waals surface area (Å²) in [4.78, 5) is 14.5. The molecular weight excluding hydrogens is 262 g/mol. The predicted octanol–water partition coefficient (Wildman–Crippen LogP) is 2.61. The molecule has 0 saturated carbocycles. The van der Waals surface area contributed by atoms with Crippen LogP contribution in [0, 0.1) is 0 Å². The Bertz CT molecular complexity index is 452. The number of carbonyl (C=O) groups is 1. The standard InChI is InChI=1S/C15H18ClNO2/c16-10-12-6-3-4-8-17(12)15(18)14-9-11-5-1-2-7-13(11)19-14/h1-2,5,7,12,14H,3-4,6,8-10H2. The number of alkyl halides is 1. The van der Waals surface area contributed by atoms with Crippen LogP contribution in [0.2, 0.25) is 0 Å². The van der Waals surface area contributed by atoms with Crippen LogP contribution in [0.3, 0.4) is 0 Å². The number of carbonyl (C=O) groups excluding carboxylic acids is 1. The van der Waals surface area contributed by atoms with Gasteiger partial charge in [-0.3, -0.25) is 4.79 Å². The van der Waals surface area contributed by atoms with Crippen LogP contribution in [0.4, 0.5) is 0 Å². The Morgan fingerprint density at radius 3 is 3.00 bits per heavy atom. The number of ether oxygens (including phenoxy) is 1. The number of piperidine rings is 1. The summed E-state index contributed by atoms with van der Waals surface area (Å²) in [7, 11) is 0. The third-order valence-electron chi connectivity index (χ3n) is 4.01. The molecule has 4 heteroatoms. The molecule has 1 saturated heterocycles. The van der Waals surface area contributed by atoms with E-state index in [4.69, 9.17) is 16.3 Å². The first-order valence-corrected chi connectivity index (χ1v) is 7.44. The van der Waals surface area contributed by atoms with Crippen molar-refractivity contribution in [3.63, 3.8) is 0 Å². The third-order valence-corrected chi connectivity index (χ3v) is 4.37. The van der Waals surface area contributed by atoms with Crippen molar-refractivity contribution in [1.82, 2.24) is 4.90 Å². The van der Waals surface area contributed by atoms with Crippen molar-refractivity contribution in [2.24, 2.45) is 0 Å². The number of likely N-dealkylation sites (tertiary alicyclic amines) is 1. The molecule has 2 aliphatic rings. The van der Waals surface area contributed by atoms with Crippen molar-refractivity contribution in [1.29, 1.82) is 0 Å². The van der Waals surface area contributed by atoms with E-state index in [1.54, 1.807) is 0 Å². The molecule has 0 radical (unpaired) electrons. The van der Waals surface area contributed by atoms with Crippen LogP contribution in [0.15, 0.2) is 24.3 Å². The Balaban J connectivity index is 1.72. The second kappa shape index (κ2) is 5.41. The van der Waals surface area contributed by atoms with Crippen LogP contribution < -0.4 is 4.74 Å². The van der Waals surface area contributed by atoms with Gasteiger partial charge in [-0.15, -0.1) is 11.6 Å². The van der Waals surface area contributed by atoms with Crippen LogP contribution in [0.5, 0.6) is 5.75 Å². The zero-order chi connectivity index (χ0) is 13.2. The van der Waals surface area contributed by atoms with Gasteiger partial charge in [0.15, 0.2) is 6.10 Å². The lowest BCUT2D eigenvalue weighted by molar-refractivity contribution is -0.141. The molecule has 0 spiro atoms. The number of halogens is 1. The molecule has 102 valence electrons. The summed E-state index contributed by atoms with van der Waals surface area (Å²) >= 11 is 5.98. The molecule has 0 N–H and O–H groups in total. The fourth-order valence-electron chi connectivity index (χ4n) is 2.96. The maximum Gasteiger partial charge on any atom is 0.264 e. The maximum absolute atomic E-state index is 12.6. The number of benzene rings is 1. The normalized spacial score (nSPS) is 25.8. The van der Waals surface area contributed by atoms with Crippen molar-refractivity contribution < 1.29 is 9.53 Å². The molecule has 0 aliphatic carbocycles. The Kier molecular flexibility index (Phi) is 3.65. The van der Waals surface area contributed by atoms with E-state index in [2.05, 4.69) is 0 Å². The van der Waals surface area contributed by atoms with Crippen LogP contribution in [-0.4, -0.2) is 35.4 Å². The van der Waals surface area contributed by atoms with Gasteiger partial charge >= 0.3 is 0 Å². The van der Waals surface area contributed by atoms with Crippen molar-refractivity contribution in [2.45, 2.75) is 37.8 Å². The number of rotatable bonds is 2. The monoisotopic (exact) mass is 279 g/mol. The average Bonchev–Trinajstić information content (AvgIpc) is 2.90. The van der Waals surface area contributed by atoms with Gasteiger partial charge in [0, 0.05) is 24.9 Å². The van der Waals surface area contributed by atoms with Crippen LogP contribution >= 0.6 is 11.6 Å². The lowest BCUT2D eigenvalue weighted by Crippen LogP contribution is -2.50. The molecule has 3 nitrogen and oxygen atoms in total. The number of nitrogens with zero attached hydrogens (tertiary/aromatic N) is 1. The second-order valence-corrected chi connectivity index (χ2v) is 5.56. The highest BCUT2D eigenvalue weighted by atomic mass is 35.5. The van der Waals surface area contributed by atoms with Crippen molar-refractivity contribution in [3.05, 3.63) is 29.8 Å². The Labute approximate surface area is 118 Å². The van der Waals surface area contributed by atoms with Gasteiger partial charge in [-0.05, 0) is 30.9 Å². The van der Waals surface area contributed by atoms with Crippen LogP contribution in [0.25, 0.3) is 0 Å². The van der Waals surface area contributed by atoms with E-state index >= 15 is 0 Å². The van der Waals surface area contributed by atoms with E-state index in [0.717, 1.165) is 37.1 Å². The Hall–Kier alpha value is -1.22. The predicted molar refractivity (Wildman–Crippen MR) is 74.6 cm³/mol. The molecule has 2 atom stereocenters. The van der Waals surface area contributed by atoms with Gasteiger partial charge in [0.05, 0.1) is 0 Å². The average molecular weight is 280 g/mol. The van der Waals surface area contributed by atoms with E-state index in [9.17, 15) is 4.79 Å². The van der Waals surface area contributed by atoms with Crippen molar-refractivity contribution in [2.75, 3.05) is 12.4 Å². The summed E-state index contributed by atoms with van der Waals surface area (Å²) in [6.45, 7) is 0.812. The van der Waals surface area contributed by atoms with E-state index in [1.807, 2.05) is 29.2 Å². The Morgan fingerprint density at radius 1 is 1.37 bits per heavy atom. The maximum atomic E-state index is 12.6. The summed E-state index contributed by atoms with van der Waals surface area (Å²) in [5.74, 6) is 1.47. The fourth-order valence-corrected chi connectivity index (χ4v) is 3.28. The number of amides is 1. The second-order valence-electron chi connectivity index (χ2n) is 5.25. The topological polar surface area (TPSA) is 29.5 Å². The molecule has 2 heterocycles. The quantitative estimate of drug-likeness (QED) is 0.779. The zero-order valence-corrected chi connectivity index (χ0v) is 11.6. The van der Waals surface area contributed by atoms with Crippen LogP contribution in [0.1, 0.15) is 24.8 Å². The van der Waals surface area contributed by atoms with Gasteiger partial charge in [0.2, 0.25) is 0 Å². The minimum atomic E-state index is -0.360. The minimum absolute atomic E-state index is 0.0987. The molecule has 1 fully saturated rings. The van der Waals surface area contributed by atoms with E-state index in [0.29, 0.717) is 12.3 Å². The highest BCUT2D eigenvalue weighted by Crippen LogP contribution is 2.30.